The average Bonchev–Trinajstić information content (AvgIpc) is 2.86. The minimum atomic E-state index is -0.0720. The van der Waals surface area contributed by atoms with Gasteiger partial charge in [-0.3, -0.25) is 4.79 Å². The van der Waals surface area contributed by atoms with E-state index in [1.807, 2.05) is 6.08 Å². The maximum Gasteiger partial charge on any atom is 0.306 e. The van der Waals surface area contributed by atoms with E-state index >= 15 is 0 Å². The fourth-order valence-electron chi connectivity index (χ4n) is 5.33. The maximum absolute atomic E-state index is 12.0. The maximum atomic E-state index is 12.0. The van der Waals surface area contributed by atoms with Crippen molar-refractivity contribution in [2.75, 3.05) is 6.61 Å². The molecule has 0 aromatic carbocycles. The summed E-state index contributed by atoms with van der Waals surface area (Å²) in [5.74, 6) is -0.0720. The first-order valence-corrected chi connectivity index (χ1v) is 15.8. The quantitative estimate of drug-likeness (QED) is 0.0899. The third-order valence-corrected chi connectivity index (χ3v) is 7.91. The van der Waals surface area contributed by atoms with Gasteiger partial charge in [-0.25, -0.2) is 0 Å². The first-order chi connectivity index (χ1) is 18.3. The van der Waals surface area contributed by atoms with Crippen LogP contribution >= 0.6 is 0 Å². The van der Waals surface area contributed by atoms with Crippen LogP contribution in [-0.2, 0) is 9.53 Å². The van der Waals surface area contributed by atoms with E-state index in [2.05, 4.69) is 71.9 Å². The molecule has 2 heteroatoms. The Kier molecular flexibility index (Phi) is 18.9. The van der Waals surface area contributed by atoms with Gasteiger partial charge < -0.3 is 4.74 Å². The molecule has 0 fully saturated rings. The van der Waals surface area contributed by atoms with Crippen LogP contribution < -0.4 is 0 Å². The van der Waals surface area contributed by atoms with E-state index in [9.17, 15) is 4.79 Å². The topological polar surface area (TPSA) is 26.3 Å². The molecular weight excluding hydrogens is 464 g/mol. The van der Waals surface area contributed by atoms with E-state index in [1.54, 1.807) is 0 Å². The summed E-state index contributed by atoms with van der Waals surface area (Å²) in [7, 11) is 0. The van der Waals surface area contributed by atoms with Crippen molar-refractivity contribution in [1.29, 1.82) is 0 Å². The summed E-state index contributed by atoms with van der Waals surface area (Å²) < 4.78 is 5.40. The number of unbranched alkanes of at least 4 members (excludes halogenated alkanes) is 12. The van der Waals surface area contributed by atoms with Gasteiger partial charge in [0, 0.05) is 6.42 Å². The van der Waals surface area contributed by atoms with E-state index in [0.29, 0.717) is 13.0 Å². The molecule has 0 bridgehead atoms. The van der Waals surface area contributed by atoms with Gasteiger partial charge in [0.05, 0.1) is 0 Å². The summed E-state index contributed by atoms with van der Waals surface area (Å²) in [6.07, 6.45) is 34.3. The van der Waals surface area contributed by atoms with Gasteiger partial charge in [0.25, 0.3) is 0 Å². The van der Waals surface area contributed by atoms with E-state index in [0.717, 1.165) is 18.4 Å². The van der Waals surface area contributed by atoms with Gasteiger partial charge in [-0.1, -0.05) is 145 Å². The smallest absolute Gasteiger partial charge is 0.306 e. The highest BCUT2D eigenvalue weighted by Crippen LogP contribution is 2.40. The second-order valence-corrected chi connectivity index (χ2v) is 12.2. The Morgan fingerprint density at radius 2 is 1.42 bits per heavy atom. The third kappa shape index (κ3) is 16.9. The molecule has 0 heterocycles. The largest absolute Gasteiger partial charge is 0.461 e. The number of hydrogen-bond acceptors (Lipinski definition) is 2. The molecule has 2 nitrogen and oxygen atoms in total. The molecule has 0 saturated carbocycles. The van der Waals surface area contributed by atoms with Gasteiger partial charge in [-0.05, 0) is 63.5 Å². The van der Waals surface area contributed by atoms with Gasteiger partial charge in [0.1, 0.15) is 6.61 Å². The van der Waals surface area contributed by atoms with Gasteiger partial charge in [0.15, 0.2) is 0 Å². The Morgan fingerprint density at radius 1 is 0.842 bits per heavy atom. The minimum Gasteiger partial charge on any atom is -0.461 e. The highest BCUT2D eigenvalue weighted by atomic mass is 16.5. The molecule has 0 aromatic heterocycles. The molecule has 1 rings (SSSR count). The molecule has 0 aromatic rings. The summed E-state index contributed by atoms with van der Waals surface area (Å²) in [4.78, 5) is 12.0. The fourth-order valence-corrected chi connectivity index (χ4v) is 5.33. The SMILES string of the molecule is CCCCCCCCCCCCCCCC(=O)OC/C=C(C)/C=C/C=C(\C)C=CC1=C(C)CCCC1(C)C. The third-order valence-electron chi connectivity index (χ3n) is 7.91. The second-order valence-electron chi connectivity index (χ2n) is 12.2. The van der Waals surface area contributed by atoms with Gasteiger partial charge >= 0.3 is 5.97 Å². The molecule has 0 atom stereocenters. The first-order valence-electron chi connectivity index (χ1n) is 15.8. The van der Waals surface area contributed by atoms with Crippen LogP contribution in [0.15, 0.2) is 58.7 Å². The van der Waals surface area contributed by atoms with Crippen molar-refractivity contribution in [2.45, 2.75) is 151 Å². The van der Waals surface area contributed by atoms with Crippen molar-refractivity contribution >= 4 is 5.97 Å². The number of ether oxygens (including phenoxy) is 1. The Balaban J connectivity index is 2.13. The summed E-state index contributed by atoms with van der Waals surface area (Å²) in [5.41, 5.74) is 5.65. The fraction of sp³-hybridized carbons (Fsp3) is 0.694. The summed E-state index contributed by atoms with van der Waals surface area (Å²) >= 11 is 0. The Bertz CT molecular complexity index is 803. The lowest BCUT2D eigenvalue weighted by molar-refractivity contribution is -0.142. The zero-order valence-electron chi connectivity index (χ0n) is 26.0. The molecule has 0 amide bonds. The molecule has 0 unspecified atom stereocenters. The molecule has 0 spiro atoms. The summed E-state index contributed by atoms with van der Waals surface area (Å²) in [6.45, 7) is 13.8. The normalized spacial score (nSPS) is 16.7. The van der Waals surface area contributed by atoms with E-state index < -0.39 is 0 Å². The number of carbonyl (C=O) groups excluding carboxylic acids is 1. The molecular formula is C36H60O2. The van der Waals surface area contributed by atoms with Crippen molar-refractivity contribution < 1.29 is 9.53 Å². The van der Waals surface area contributed by atoms with Crippen molar-refractivity contribution in [3.05, 3.63) is 58.7 Å². The zero-order valence-corrected chi connectivity index (χ0v) is 26.0. The lowest BCUT2D eigenvalue weighted by Gasteiger charge is -2.32. The number of allylic oxidation sites excluding steroid dienone is 9. The number of hydrogen-bond donors (Lipinski definition) is 0. The highest BCUT2D eigenvalue weighted by molar-refractivity contribution is 5.69. The molecule has 1 aliphatic carbocycles. The summed E-state index contributed by atoms with van der Waals surface area (Å²) in [6, 6.07) is 0. The standard InChI is InChI=1S/C36H60O2/c1-7-8-9-10-11-12-13-14-15-16-17-18-19-25-35(37)38-30-28-32(3)23-20-22-31(2)26-27-34-33(4)24-21-29-36(34,5)6/h20,22-23,26-28H,7-19,21,24-25,29-30H2,1-6H3/b23-20+,27-26?,31-22+,32-28+. The average molecular weight is 525 g/mol. The predicted octanol–water partition coefficient (Wildman–Crippen LogP) is 11.5. The Morgan fingerprint density at radius 3 is 2.00 bits per heavy atom. The number of carbonyl (C=O) groups is 1. The molecule has 38 heavy (non-hydrogen) atoms. The van der Waals surface area contributed by atoms with Crippen LogP contribution in [0.4, 0.5) is 0 Å². The number of rotatable bonds is 20. The van der Waals surface area contributed by atoms with E-state index in [4.69, 9.17) is 4.74 Å². The summed E-state index contributed by atoms with van der Waals surface area (Å²) in [5, 5.41) is 0. The van der Waals surface area contributed by atoms with Crippen LogP contribution in [0, 0.1) is 5.41 Å². The van der Waals surface area contributed by atoms with Crippen LogP contribution in [-0.4, -0.2) is 12.6 Å². The van der Waals surface area contributed by atoms with Crippen LogP contribution in [0.3, 0.4) is 0 Å². The van der Waals surface area contributed by atoms with Gasteiger partial charge in [0.2, 0.25) is 0 Å². The van der Waals surface area contributed by atoms with Crippen LogP contribution in [0.25, 0.3) is 0 Å². The van der Waals surface area contributed by atoms with Crippen LogP contribution in [0.2, 0.25) is 0 Å². The van der Waals surface area contributed by atoms with E-state index in [-0.39, 0.29) is 11.4 Å². The minimum absolute atomic E-state index is 0.0720. The lowest BCUT2D eigenvalue weighted by atomic mass is 9.72. The van der Waals surface area contributed by atoms with Crippen LogP contribution in [0.1, 0.15) is 151 Å². The number of esters is 1. The zero-order chi connectivity index (χ0) is 28.1. The van der Waals surface area contributed by atoms with Crippen LogP contribution in [0.5, 0.6) is 0 Å². The Labute approximate surface area is 236 Å². The van der Waals surface area contributed by atoms with Crippen molar-refractivity contribution in [2.24, 2.45) is 5.41 Å². The molecule has 216 valence electrons. The lowest BCUT2D eigenvalue weighted by Crippen LogP contribution is -2.19. The molecule has 1 aliphatic rings. The predicted molar refractivity (Wildman–Crippen MR) is 167 cm³/mol. The van der Waals surface area contributed by atoms with Gasteiger partial charge in [-0.15, -0.1) is 0 Å². The molecule has 0 saturated heterocycles. The molecule has 0 aliphatic heterocycles. The van der Waals surface area contributed by atoms with Gasteiger partial charge in [-0.2, -0.15) is 0 Å². The van der Waals surface area contributed by atoms with Crippen molar-refractivity contribution in [3.8, 4) is 0 Å². The Hall–Kier alpha value is -1.83. The molecule has 0 radical (unpaired) electrons. The van der Waals surface area contributed by atoms with Crippen molar-refractivity contribution in [1.82, 2.24) is 0 Å². The first kappa shape index (κ1) is 34.2. The second kappa shape index (κ2) is 21.0. The molecule has 0 N–H and O–H groups in total. The highest BCUT2D eigenvalue weighted by Gasteiger charge is 2.26. The monoisotopic (exact) mass is 524 g/mol. The van der Waals surface area contributed by atoms with Crippen molar-refractivity contribution in [3.63, 3.8) is 0 Å². The van der Waals surface area contributed by atoms with E-state index in [1.165, 1.54) is 107 Å².